The number of nitro benzene ring substituents is 1. The molecule has 2 aromatic rings. The lowest BCUT2D eigenvalue weighted by atomic mass is 9.76. The largest absolute Gasteiger partial charge is 0.482 e. The normalized spacial score (nSPS) is 26.7. The molecule has 3 unspecified atom stereocenters. The minimum absolute atomic E-state index is 0.0473. The van der Waals surface area contributed by atoms with Crippen LogP contribution in [0.4, 0.5) is 5.69 Å². The van der Waals surface area contributed by atoms with E-state index < -0.39 is 22.2 Å². The summed E-state index contributed by atoms with van der Waals surface area (Å²) >= 11 is 0. The maximum atomic E-state index is 11.6. The number of nitrogens with zero attached hydrogens (tertiary/aromatic N) is 1. The van der Waals surface area contributed by atoms with Crippen LogP contribution in [0, 0.1) is 10.1 Å². The van der Waals surface area contributed by atoms with Gasteiger partial charge >= 0.3 is 0 Å². The van der Waals surface area contributed by atoms with E-state index in [0.717, 1.165) is 0 Å². The van der Waals surface area contributed by atoms with Crippen molar-refractivity contribution in [1.82, 2.24) is 4.98 Å². The number of ether oxygens (including phenoxy) is 3. The van der Waals surface area contributed by atoms with E-state index in [1.165, 1.54) is 50.6 Å². The number of rotatable bonds is 5. The van der Waals surface area contributed by atoms with E-state index in [4.69, 9.17) is 14.2 Å². The van der Waals surface area contributed by atoms with Gasteiger partial charge in [-0.2, -0.15) is 0 Å². The molecule has 9 heteroatoms. The van der Waals surface area contributed by atoms with Crippen LogP contribution in [0.1, 0.15) is 25.5 Å². The minimum atomic E-state index is -1.63. The molecular weight excluding hydrogens is 356 g/mol. The molecule has 2 N–H and O–H groups in total. The fourth-order valence-corrected chi connectivity index (χ4v) is 3.14. The molecule has 144 valence electrons. The molecule has 0 amide bonds. The van der Waals surface area contributed by atoms with Crippen LogP contribution in [0.25, 0.3) is 0 Å². The number of aliphatic hydroxyl groups is 1. The lowest BCUT2D eigenvalue weighted by molar-refractivity contribution is -0.385. The van der Waals surface area contributed by atoms with E-state index in [1.54, 1.807) is 6.92 Å². The third kappa shape index (κ3) is 3.26. The summed E-state index contributed by atoms with van der Waals surface area (Å²) in [4.78, 5) is 24.7. The average Bonchev–Trinajstić information content (AvgIpc) is 2.59. The van der Waals surface area contributed by atoms with E-state index >= 15 is 0 Å². The maximum absolute atomic E-state index is 11.6. The Labute approximate surface area is 154 Å². The van der Waals surface area contributed by atoms with Gasteiger partial charge in [-0.25, -0.2) is 0 Å². The van der Waals surface area contributed by atoms with Crippen LogP contribution in [0.5, 0.6) is 11.5 Å². The Morgan fingerprint density at radius 2 is 2.07 bits per heavy atom. The second-order valence-corrected chi connectivity index (χ2v) is 6.78. The predicted octanol–water partition coefficient (Wildman–Crippen LogP) is 1.95. The van der Waals surface area contributed by atoms with Crippen LogP contribution >= 0.6 is 0 Å². The summed E-state index contributed by atoms with van der Waals surface area (Å²) in [6, 6.07) is 6.84. The second-order valence-electron chi connectivity index (χ2n) is 6.78. The SMILES string of the molecule is COCC1(C)Oc2ccc([N+](=O)[O-])cc2C(Oc2cc[nH]c(=O)c2)C1(C)O. The third-order valence-electron chi connectivity index (χ3n) is 4.82. The monoisotopic (exact) mass is 376 g/mol. The number of non-ortho nitro benzene ring substituents is 1. The maximum Gasteiger partial charge on any atom is 0.270 e. The van der Waals surface area contributed by atoms with E-state index in [1.807, 2.05) is 0 Å². The van der Waals surface area contributed by atoms with Gasteiger partial charge in [-0.15, -0.1) is 0 Å². The van der Waals surface area contributed by atoms with Crippen molar-refractivity contribution >= 4 is 5.69 Å². The molecule has 0 bridgehead atoms. The Balaban J connectivity index is 2.15. The van der Waals surface area contributed by atoms with Gasteiger partial charge in [0.1, 0.15) is 17.1 Å². The van der Waals surface area contributed by atoms with Gasteiger partial charge in [-0.3, -0.25) is 14.9 Å². The summed E-state index contributed by atoms with van der Waals surface area (Å²) in [5, 5.41) is 22.5. The van der Waals surface area contributed by atoms with Gasteiger partial charge < -0.3 is 24.3 Å². The first-order valence-corrected chi connectivity index (χ1v) is 8.22. The molecule has 1 aliphatic rings. The van der Waals surface area contributed by atoms with Gasteiger partial charge in [0.15, 0.2) is 11.7 Å². The van der Waals surface area contributed by atoms with E-state index in [0.29, 0.717) is 11.3 Å². The lowest BCUT2D eigenvalue weighted by Gasteiger charge is -2.50. The molecule has 0 saturated heterocycles. The summed E-state index contributed by atoms with van der Waals surface area (Å²) in [6.07, 6.45) is 0.372. The van der Waals surface area contributed by atoms with Crippen molar-refractivity contribution in [1.29, 1.82) is 0 Å². The molecule has 1 aromatic carbocycles. The van der Waals surface area contributed by atoms with Gasteiger partial charge in [0.25, 0.3) is 11.2 Å². The van der Waals surface area contributed by atoms with Crippen LogP contribution in [0.15, 0.2) is 41.3 Å². The van der Waals surface area contributed by atoms with Crippen molar-refractivity contribution in [2.75, 3.05) is 13.7 Å². The number of pyridine rings is 1. The van der Waals surface area contributed by atoms with Crippen LogP contribution in [-0.2, 0) is 4.74 Å². The lowest BCUT2D eigenvalue weighted by Crippen LogP contribution is -2.63. The molecule has 0 spiro atoms. The highest BCUT2D eigenvalue weighted by Crippen LogP contribution is 2.49. The number of aromatic amines is 1. The summed E-state index contributed by atoms with van der Waals surface area (Å²) in [5.74, 6) is 0.546. The number of H-pyrrole nitrogens is 1. The summed E-state index contributed by atoms with van der Waals surface area (Å²) in [5.41, 5.74) is -3.06. The molecule has 3 rings (SSSR count). The summed E-state index contributed by atoms with van der Waals surface area (Å²) < 4.78 is 17.1. The van der Waals surface area contributed by atoms with Crippen molar-refractivity contribution < 1.29 is 24.2 Å². The van der Waals surface area contributed by atoms with Crippen molar-refractivity contribution in [3.05, 3.63) is 62.6 Å². The quantitative estimate of drug-likeness (QED) is 0.604. The van der Waals surface area contributed by atoms with E-state index in [-0.39, 0.29) is 23.6 Å². The van der Waals surface area contributed by atoms with Crippen molar-refractivity contribution in [3.8, 4) is 11.5 Å². The summed E-state index contributed by atoms with van der Waals surface area (Å²) in [6.45, 7) is 3.21. The van der Waals surface area contributed by atoms with Crippen molar-refractivity contribution in [3.63, 3.8) is 0 Å². The Bertz CT molecular complexity index is 924. The third-order valence-corrected chi connectivity index (χ3v) is 4.82. The number of methoxy groups -OCH3 is 1. The molecule has 0 fully saturated rings. The van der Waals surface area contributed by atoms with Gasteiger partial charge in [-0.1, -0.05) is 0 Å². The Hall–Kier alpha value is -2.91. The average molecular weight is 376 g/mol. The Morgan fingerprint density at radius 3 is 2.70 bits per heavy atom. The Kier molecular flexibility index (Phi) is 4.66. The molecule has 9 nitrogen and oxygen atoms in total. The standard InChI is InChI=1S/C18H20N2O7/c1-17(10-25-3)18(2,22)16(26-12-6-7-19-15(21)9-12)13-8-11(20(23)24)4-5-14(13)27-17/h4-9,16,22H,10H2,1-3H3,(H,19,21). The van der Waals surface area contributed by atoms with Gasteiger partial charge in [0.05, 0.1) is 11.5 Å². The number of nitrogens with one attached hydrogen (secondary N) is 1. The summed E-state index contributed by atoms with van der Waals surface area (Å²) in [7, 11) is 1.47. The molecule has 0 radical (unpaired) electrons. The number of benzene rings is 1. The van der Waals surface area contributed by atoms with Crippen LogP contribution in [0.3, 0.4) is 0 Å². The van der Waals surface area contributed by atoms with Crippen LogP contribution < -0.4 is 15.0 Å². The van der Waals surface area contributed by atoms with Gasteiger partial charge in [-0.05, 0) is 26.0 Å². The first-order valence-electron chi connectivity index (χ1n) is 8.22. The molecule has 0 saturated carbocycles. The zero-order valence-corrected chi connectivity index (χ0v) is 15.1. The highest BCUT2D eigenvalue weighted by Gasteiger charge is 2.57. The topological polar surface area (TPSA) is 124 Å². The zero-order valence-electron chi connectivity index (χ0n) is 15.1. The number of hydrogen-bond donors (Lipinski definition) is 2. The van der Waals surface area contributed by atoms with Crippen LogP contribution in [0.2, 0.25) is 0 Å². The van der Waals surface area contributed by atoms with Gasteiger partial charge in [0, 0.05) is 37.1 Å². The van der Waals surface area contributed by atoms with Crippen molar-refractivity contribution in [2.45, 2.75) is 31.2 Å². The molecule has 2 heterocycles. The minimum Gasteiger partial charge on any atom is -0.482 e. The highest BCUT2D eigenvalue weighted by atomic mass is 16.6. The molecule has 27 heavy (non-hydrogen) atoms. The van der Waals surface area contributed by atoms with Crippen molar-refractivity contribution in [2.24, 2.45) is 0 Å². The van der Waals surface area contributed by atoms with E-state index in [2.05, 4.69) is 4.98 Å². The highest BCUT2D eigenvalue weighted by molar-refractivity contribution is 5.49. The van der Waals surface area contributed by atoms with Crippen LogP contribution in [-0.4, -0.2) is 39.9 Å². The molecule has 1 aliphatic heterocycles. The number of fused-ring (bicyclic) bond motifs is 1. The number of aromatic nitrogens is 1. The van der Waals surface area contributed by atoms with Gasteiger partial charge in [0.2, 0.25) is 0 Å². The predicted molar refractivity (Wildman–Crippen MR) is 95.1 cm³/mol. The smallest absolute Gasteiger partial charge is 0.270 e. The molecule has 3 atom stereocenters. The second kappa shape index (κ2) is 6.67. The fourth-order valence-electron chi connectivity index (χ4n) is 3.14. The molecule has 0 aliphatic carbocycles. The molecular formula is C18H20N2O7. The zero-order chi connectivity index (χ0) is 19.8. The first kappa shape index (κ1) is 18.9. The fraction of sp³-hybridized carbons (Fsp3) is 0.389. The Morgan fingerprint density at radius 1 is 1.33 bits per heavy atom. The van der Waals surface area contributed by atoms with E-state index in [9.17, 15) is 20.0 Å². The number of nitro groups is 1. The molecule has 1 aromatic heterocycles. The number of hydrogen-bond acceptors (Lipinski definition) is 7. The first-order chi connectivity index (χ1) is 12.7.